The first-order valence-corrected chi connectivity index (χ1v) is 7.85. The van der Waals surface area contributed by atoms with Gasteiger partial charge in [0.2, 0.25) is 10.0 Å². The van der Waals surface area contributed by atoms with E-state index in [-0.39, 0.29) is 6.04 Å². The molecular formula is C13H23N3O2S. The number of hydrogen-bond acceptors (Lipinski definition) is 4. The summed E-state index contributed by atoms with van der Waals surface area (Å²) in [6, 6.07) is 7.07. The van der Waals surface area contributed by atoms with Crippen molar-refractivity contribution < 1.29 is 8.42 Å². The molecule has 5 nitrogen and oxygen atoms in total. The average molecular weight is 285 g/mol. The van der Waals surface area contributed by atoms with Gasteiger partial charge in [-0.1, -0.05) is 12.1 Å². The van der Waals surface area contributed by atoms with Gasteiger partial charge in [-0.25, -0.2) is 13.1 Å². The molecule has 1 aromatic rings. The summed E-state index contributed by atoms with van der Waals surface area (Å²) in [5, 5.41) is 3.06. The second-order valence-electron chi connectivity index (χ2n) is 4.69. The minimum absolute atomic E-state index is 0.140. The van der Waals surface area contributed by atoms with Gasteiger partial charge in [0.25, 0.3) is 0 Å². The normalized spacial score (nSPS) is 13.5. The Morgan fingerprint density at radius 2 is 1.89 bits per heavy atom. The second kappa shape index (κ2) is 6.88. The van der Waals surface area contributed by atoms with Crippen LogP contribution < -0.4 is 10.0 Å². The van der Waals surface area contributed by atoms with Gasteiger partial charge in [0, 0.05) is 19.1 Å². The molecule has 1 rings (SSSR count). The van der Waals surface area contributed by atoms with Crippen molar-refractivity contribution >= 4 is 15.7 Å². The van der Waals surface area contributed by atoms with Crippen LogP contribution in [0.25, 0.3) is 0 Å². The summed E-state index contributed by atoms with van der Waals surface area (Å²) >= 11 is 0. The third-order valence-corrected chi connectivity index (χ3v) is 4.48. The molecule has 0 aliphatic rings. The van der Waals surface area contributed by atoms with Crippen molar-refractivity contribution in [2.24, 2.45) is 0 Å². The molecule has 0 aliphatic carbocycles. The maximum Gasteiger partial charge on any atom is 0.242 e. The first-order chi connectivity index (χ1) is 8.88. The smallest absolute Gasteiger partial charge is 0.242 e. The quantitative estimate of drug-likeness (QED) is 0.794. The highest BCUT2D eigenvalue weighted by Crippen LogP contribution is 2.20. The predicted octanol–water partition coefficient (Wildman–Crippen LogP) is 1.35. The summed E-state index contributed by atoms with van der Waals surface area (Å²) in [5.41, 5.74) is 0.634. The van der Waals surface area contributed by atoms with Gasteiger partial charge in [-0.3, -0.25) is 0 Å². The largest absolute Gasteiger partial charge is 0.384 e. The van der Waals surface area contributed by atoms with Crippen LogP contribution in [0.3, 0.4) is 0 Å². The maximum atomic E-state index is 12.3. The standard InChI is InChI=1S/C13H23N3O2S/c1-5-14-12-8-6-7-9-13(12)19(17,18)15-10-11(2)16(3)4/h6-9,11,14-15H,5,10H2,1-4H3. The highest BCUT2D eigenvalue weighted by atomic mass is 32.2. The number of likely N-dealkylation sites (N-methyl/N-ethyl adjacent to an activating group) is 1. The molecular weight excluding hydrogens is 262 g/mol. The van der Waals surface area contributed by atoms with Gasteiger partial charge in [-0.15, -0.1) is 0 Å². The third kappa shape index (κ3) is 4.49. The number of rotatable bonds is 7. The molecule has 1 unspecified atom stereocenters. The van der Waals surface area contributed by atoms with Crippen LogP contribution in [-0.2, 0) is 10.0 Å². The molecule has 0 bridgehead atoms. The van der Waals surface area contributed by atoms with Crippen LogP contribution in [0.4, 0.5) is 5.69 Å². The Balaban J connectivity index is 2.88. The molecule has 0 saturated heterocycles. The summed E-state index contributed by atoms with van der Waals surface area (Å²) in [5.74, 6) is 0. The van der Waals surface area contributed by atoms with Crippen LogP contribution in [0.15, 0.2) is 29.2 Å². The Hall–Kier alpha value is -1.11. The number of nitrogens with one attached hydrogen (secondary N) is 2. The lowest BCUT2D eigenvalue weighted by Gasteiger charge is -2.20. The highest BCUT2D eigenvalue weighted by molar-refractivity contribution is 7.89. The number of nitrogens with zero attached hydrogens (tertiary/aromatic N) is 1. The van der Waals surface area contributed by atoms with Crippen molar-refractivity contribution in [3.63, 3.8) is 0 Å². The monoisotopic (exact) mass is 285 g/mol. The summed E-state index contributed by atoms with van der Waals surface area (Å²) in [7, 11) is 0.363. The fourth-order valence-corrected chi connectivity index (χ4v) is 2.83. The van der Waals surface area contributed by atoms with E-state index in [0.29, 0.717) is 23.7 Å². The van der Waals surface area contributed by atoms with Crippen molar-refractivity contribution in [2.75, 3.05) is 32.5 Å². The molecule has 0 spiro atoms. The molecule has 0 heterocycles. The number of sulfonamides is 1. The Morgan fingerprint density at radius 3 is 2.47 bits per heavy atom. The Labute approximate surface area is 116 Å². The van der Waals surface area contributed by atoms with E-state index >= 15 is 0 Å². The zero-order valence-electron chi connectivity index (χ0n) is 12.0. The first-order valence-electron chi connectivity index (χ1n) is 6.37. The van der Waals surface area contributed by atoms with Gasteiger partial charge in [-0.05, 0) is 40.1 Å². The van der Waals surface area contributed by atoms with Crippen LogP contribution in [0.5, 0.6) is 0 Å². The molecule has 0 aromatic heterocycles. The van der Waals surface area contributed by atoms with Gasteiger partial charge in [0.1, 0.15) is 4.90 Å². The Bertz CT molecular complexity index is 500. The van der Waals surface area contributed by atoms with Crippen LogP contribution in [-0.4, -0.2) is 46.5 Å². The molecule has 19 heavy (non-hydrogen) atoms. The van der Waals surface area contributed by atoms with Crippen LogP contribution in [0.1, 0.15) is 13.8 Å². The lowest BCUT2D eigenvalue weighted by molar-refractivity contribution is 0.314. The summed E-state index contributed by atoms with van der Waals surface area (Å²) in [6.45, 7) is 4.97. The van der Waals surface area contributed by atoms with E-state index in [9.17, 15) is 8.42 Å². The van der Waals surface area contributed by atoms with E-state index in [4.69, 9.17) is 0 Å². The van der Waals surface area contributed by atoms with Gasteiger partial charge in [-0.2, -0.15) is 0 Å². The van der Waals surface area contributed by atoms with Crippen molar-refractivity contribution in [1.82, 2.24) is 9.62 Å². The molecule has 2 N–H and O–H groups in total. The third-order valence-electron chi connectivity index (χ3n) is 2.99. The maximum absolute atomic E-state index is 12.3. The molecule has 0 amide bonds. The van der Waals surface area contributed by atoms with E-state index < -0.39 is 10.0 Å². The van der Waals surface area contributed by atoms with E-state index in [1.807, 2.05) is 38.9 Å². The fraction of sp³-hybridized carbons (Fsp3) is 0.538. The number of para-hydroxylation sites is 1. The second-order valence-corrected chi connectivity index (χ2v) is 6.43. The summed E-state index contributed by atoms with van der Waals surface area (Å²) in [4.78, 5) is 2.27. The molecule has 1 atom stereocenters. The molecule has 0 aliphatic heterocycles. The molecule has 0 fully saturated rings. The van der Waals surface area contributed by atoms with Crippen molar-refractivity contribution in [3.05, 3.63) is 24.3 Å². The SMILES string of the molecule is CCNc1ccccc1S(=O)(=O)NCC(C)N(C)C. The topological polar surface area (TPSA) is 61.4 Å². The minimum Gasteiger partial charge on any atom is -0.384 e. The zero-order chi connectivity index (χ0) is 14.5. The molecule has 108 valence electrons. The van der Waals surface area contributed by atoms with Crippen molar-refractivity contribution in [2.45, 2.75) is 24.8 Å². The van der Waals surface area contributed by atoms with Gasteiger partial charge < -0.3 is 10.2 Å². The van der Waals surface area contributed by atoms with Gasteiger partial charge >= 0.3 is 0 Å². The average Bonchev–Trinajstić information content (AvgIpc) is 2.37. The van der Waals surface area contributed by atoms with E-state index in [1.54, 1.807) is 18.2 Å². The predicted molar refractivity (Wildman–Crippen MR) is 78.9 cm³/mol. The van der Waals surface area contributed by atoms with Crippen LogP contribution in [0.2, 0.25) is 0 Å². The van der Waals surface area contributed by atoms with Crippen molar-refractivity contribution in [3.8, 4) is 0 Å². The Morgan fingerprint density at radius 1 is 1.26 bits per heavy atom. The molecule has 0 saturated carbocycles. The molecule has 6 heteroatoms. The van der Waals surface area contributed by atoms with Crippen LogP contribution in [0, 0.1) is 0 Å². The zero-order valence-corrected chi connectivity index (χ0v) is 12.8. The van der Waals surface area contributed by atoms with Gasteiger partial charge in [0.05, 0.1) is 5.69 Å². The fourth-order valence-electron chi connectivity index (χ4n) is 1.53. The van der Waals surface area contributed by atoms with E-state index in [2.05, 4.69) is 10.0 Å². The molecule has 1 aromatic carbocycles. The minimum atomic E-state index is -3.48. The lowest BCUT2D eigenvalue weighted by Crippen LogP contribution is -2.38. The molecule has 0 radical (unpaired) electrons. The lowest BCUT2D eigenvalue weighted by atomic mass is 10.3. The Kier molecular flexibility index (Phi) is 5.78. The summed E-state index contributed by atoms with van der Waals surface area (Å²) < 4.78 is 27.2. The number of benzene rings is 1. The van der Waals surface area contributed by atoms with E-state index in [1.165, 1.54) is 0 Å². The summed E-state index contributed by atoms with van der Waals surface area (Å²) in [6.07, 6.45) is 0. The van der Waals surface area contributed by atoms with Crippen LogP contribution >= 0.6 is 0 Å². The number of anilines is 1. The van der Waals surface area contributed by atoms with Crippen molar-refractivity contribution in [1.29, 1.82) is 0 Å². The first kappa shape index (κ1) is 15.9. The number of hydrogen-bond donors (Lipinski definition) is 2. The van der Waals surface area contributed by atoms with Gasteiger partial charge in [0.15, 0.2) is 0 Å². The van der Waals surface area contributed by atoms with E-state index in [0.717, 1.165) is 0 Å². The highest BCUT2D eigenvalue weighted by Gasteiger charge is 2.18.